The van der Waals surface area contributed by atoms with E-state index in [-0.39, 0.29) is 0 Å². The van der Waals surface area contributed by atoms with Gasteiger partial charge in [-0.2, -0.15) is 0 Å². The molecule has 1 aromatic carbocycles. The Morgan fingerprint density at radius 2 is 2.08 bits per heavy atom. The maximum absolute atomic E-state index is 5.95. The highest BCUT2D eigenvalue weighted by Gasteiger charge is 1.98. The normalized spacial score (nSPS) is 9.83. The van der Waals surface area contributed by atoms with Crippen LogP contribution in [0.2, 0.25) is 10.0 Å². The summed E-state index contributed by atoms with van der Waals surface area (Å²) in [6.45, 7) is 3.65. The van der Waals surface area contributed by atoms with Gasteiger partial charge in [0.15, 0.2) is 0 Å². The lowest BCUT2D eigenvalue weighted by atomic mass is 10.1. The second kappa shape index (κ2) is 4.54. The first-order valence-electron chi connectivity index (χ1n) is 3.79. The average molecular weight is 201 g/mol. The fraction of sp³-hybridized carbons (Fsp3) is 0.200. The molecule has 0 heterocycles. The molecule has 0 spiro atoms. The predicted molar refractivity (Wildman–Crippen MR) is 55.0 cm³/mol. The van der Waals surface area contributed by atoms with Gasteiger partial charge in [-0.1, -0.05) is 35.3 Å². The molecular formula is C10H10Cl2. The van der Waals surface area contributed by atoms with Crippen LogP contribution in [-0.2, 0) is 6.42 Å². The van der Waals surface area contributed by atoms with Crippen molar-refractivity contribution >= 4 is 23.2 Å². The molecule has 0 saturated heterocycles. The van der Waals surface area contributed by atoms with Crippen LogP contribution in [0, 0.1) is 0 Å². The first-order valence-corrected chi connectivity index (χ1v) is 4.54. The van der Waals surface area contributed by atoms with E-state index in [0.29, 0.717) is 5.02 Å². The molecule has 64 valence electrons. The Morgan fingerprint density at radius 1 is 1.33 bits per heavy atom. The van der Waals surface area contributed by atoms with E-state index < -0.39 is 0 Å². The van der Waals surface area contributed by atoms with Gasteiger partial charge >= 0.3 is 0 Å². The Labute approximate surface area is 82.8 Å². The molecule has 0 aliphatic heterocycles. The number of hydrogen-bond acceptors (Lipinski definition) is 0. The third-order valence-corrected chi connectivity index (χ3v) is 2.22. The topological polar surface area (TPSA) is 0 Å². The Bertz CT molecular complexity index is 279. The third kappa shape index (κ3) is 2.54. The van der Waals surface area contributed by atoms with Gasteiger partial charge in [-0.3, -0.25) is 0 Å². The van der Waals surface area contributed by atoms with E-state index in [4.69, 9.17) is 23.2 Å². The van der Waals surface area contributed by atoms with Gasteiger partial charge in [0, 0.05) is 10.0 Å². The molecule has 1 rings (SSSR count). The molecule has 0 amide bonds. The van der Waals surface area contributed by atoms with Crippen LogP contribution in [0.5, 0.6) is 0 Å². The molecule has 1 aromatic rings. The van der Waals surface area contributed by atoms with Gasteiger partial charge in [-0.25, -0.2) is 0 Å². The lowest BCUT2D eigenvalue weighted by Crippen LogP contribution is -1.84. The molecule has 0 unspecified atom stereocenters. The van der Waals surface area contributed by atoms with Crippen LogP contribution < -0.4 is 0 Å². The molecule has 0 aliphatic carbocycles. The zero-order valence-electron chi connectivity index (χ0n) is 6.69. The van der Waals surface area contributed by atoms with E-state index in [9.17, 15) is 0 Å². The third-order valence-electron chi connectivity index (χ3n) is 1.63. The number of allylic oxidation sites excluding steroid dienone is 1. The van der Waals surface area contributed by atoms with Crippen molar-refractivity contribution in [2.45, 2.75) is 12.8 Å². The predicted octanol–water partition coefficient (Wildman–Crippen LogP) is 4.11. The summed E-state index contributed by atoms with van der Waals surface area (Å²) >= 11 is 11.7. The highest BCUT2D eigenvalue weighted by molar-refractivity contribution is 6.35. The lowest BCUT2D eigenvalue weighted by Gasteiger charge is -2.01. The van der Waals surface area contributed by atoms with Crippen LogP contribution in [-0.4, -0.2) is 0 Å². The number of halogens is 2. The molecule has 0 radical (unpaired) electrons. The smallest absolute Gasteiger partial charge is 0.0452 e. The van der Waals surface area contributed by atoms with Crippen molar-refractivity contribution in [1.29, 1.82) is 0 Å². The SMILES string of the molecule is C=CCCc1ccc(Cl)cc1Cl. The molecule has 0 atom stereocenters. The van der Waals surface area contributed by atoms with E-state index in [1.54, 1.807) is 6.07 Å². The van der Waals surface area contributed by atoms with Gasteiger partial charge in [0.2, 0.25) is 0 Å². The summed E-state index contributed by atoms with van der Waals surface area (Å²) in [4.78, 5) is 0. The van der Waals surface area contributed by atoms with Gasteiger partial charge in [-0.15, -0.1) is 6.58 Å². The minimum absolute atomic E-state index is 0.683. The molecule has 0 fully saturated rings. The highest BCUT2D eigenvalue weighted by Crippen LogP contribution is 2.21. The molecular weight excluding hydrogens is 191 g/mol. The average Bonchev–Trinajstić information content (AvgIpc) is 2.03. The maximum atomic E-state index is 5.95. The molecule has 0 aliphatic rings. The molecule has 12 heavy (non-hydrogen) atoms. The monoisotopic (exact) mass is 200 g/mol. The lowest BCUT2D eigenvalue weighted by molar-refractivity contribution is 1.00. The Morgan fingerprint density at radius 3 is 2.67 bits per heavy atom. The molecule has 0 N–H and O–H groups in total. The highest BCUT2D eigenvalue weighted by atomic mass is 35.5. The summed E-state index contributed by atoms with van der Waals surface area (Å²) in [5.41, 5.74) is 1.13. The first-order chi connectivity index (χ1) is 5.74. The van der Waals surface area contributed by atoms with Gasteiger partial charge in [0.05, 0.1) is 0 Å². The summed E-state index contributed by atoms with van der Waals surface area (Å²) < 4.78 is 0. The van der Waals surface area contributed by atoms with Crippen molar-refractivity contribution in [1.82, 2.24) is 0 Å². The summed E-state index contributed by atoms with van der Waals surface area (Å²) in [6.07, 6.45) is 3.76. The number of benzene rings is 1. The van der Waals surface area contributed by atoms with E-state index in [2.05, 4.69) is 6.58 Å². The fourth-order valence-corrected chi connectivity index (χ4v) is 1.48. The Kier molecular flexibility index (Phi) is 3.64. The summed E-state index contributed by atoms with van der Waals surface area (Å²) in [7, 11) is 0. The summed E-state index contributed by atoms with van der Waals surface area (Å²) in [6, 6.07) is 5.57. The van der Waals surface area contributed by atoms with E-state index in [1.165, 1.54) is 0 Å². The molecule has 0 saturated carbocycles. The molecule has 2 heteroatoms. The molecule has 0 nitrogen and oxygen atoms in total. The largest absolute Gasteiger partial charge is 0.103 e. The van der Waals surface area contributed by atoms with Gasteiger partial charge in [0.25, 0.3) is 0 Å². The maximum Gasteiger partial charge on any atom is 0.0452 e. The van der Waals surface area contributed by atoms with Crippen molar-refractivity contribution in [3.05, 3.63) is 46.5 Å². The Balaban J connectivity index is 2.78. The first kappa shape index (κ1) is 9.63. The van der Waals surface area contributed by atoms with Crippen LogP contribution in [0.1, 0.15) is 12.0 Å². The van der Waals surface area contributed by atoms with Crippen molar-refractivity contribution in [3.63, 3.8) is 0 Å². The minimum atomic E-state index is 0.683. The number of hydrogen-bond donors (Lipinski definition) is 0. The van der Waals surface area contributed by atoms with Gasteiger partial charge < -0.3 is 0 Å². The quantitative estimate of drug-likeness (QED) is 0.645. The van der Waals surface area contributed by atoms with Crippen LogP contribution in [0.4, 0.5) is 0 Å². The van der Waals surface area contributed by atoms with E-state index in [1.807, 2.05) is 18.2 Å². The van der Waals surface area contributed by atoms with E-state index in [0.717, 1.165) is 23.4 Å². The fourth-order valence-electron chi connectivity index (χ4n) is 0.982. The number of rotatable bonds is 3. The van der Waals surface area contributed by atoms with Crippen LogP contribution in [0.15, 0.2) is 30.9 Å². The van der Waals surface area contributed by atoms with E-state index >= 15 is 0 Å². The van der Waals surface area contributed by atoms with Crippen molar-refractivity contribution in [2.24, 2.45) is 0 Å². The number of aryl methyl sites for hydroxylation is 1. The summed E-state index contributed by atoms with van der Waals surface area (Å²) in [5.74, 6) is 0. The van der Waals surface area contributed by atoms with Crippen molar-refractivity contribution < 1.29 is 0 Å². The minimum Gasteiger partial charge on any atom is -0.103 e. The summed E-state index contributed by atoms with van der Waals surface area (Å²) in [5, 5.41) is 1.42. The van der Waals surface area contributed by atoms with Crippen LogP contribution in [0.25, 0.3) is 0 Å². The Hall–Kier alpha value is -0.460. The zero-order valence-corrected chi connectivity index (χ0v) is 8.20. The standard InChI is InChI=1S/C10H10Cl2/c1-2-3-4-8-5-6-9(11)7-10(8)12/h2,5-7H,1,3-4H2. The zero-order chi connectivity index (χ0) is 8.97. The second-order valence-electron chi connectivity index (χ2n) is 2.56. The van der Waals surface area contributed by atoms with Gasteiger partial charge in [-0.05, 0) is 30.5 Å². The second-order valence-corrected chi connectivity index (χ2v) is 3.41. The van der Waals surface area contributed by atoms with Crippen LogP contribution >= 0.6 is 23.2 Å². The molecule has 0 aromatic heterocycles. The van der Waals surface area contributed by atoms with Crippen LogP contribution in [0.3, 0.4) is 0 Å². The molecule has 0 bridgehead atoms. The van der Waals surface area contributed by atoms with Crippen molar-refractivity contribution in [2.75, 3.05) is 0 Å². The van der Waals surface area contributed by atoms with Gasteiger partial charge in [0.1, 0.15) is 0 Å². The van der Waals surface area contributed by atoms with Crippen molar-refractivity contribution in [3.8, 4) is 0 Å².